The standard InChI is InChI=1S/C17H18N6O2/c1-2-13-20-21-15-7-6-11(10-23(13)15)19-16(24)12-9-18-14-5-3-4-8-22(14)17(12)25/h3-5,8-9,11H,2,6-7,10H2,1H3,(H,19,24)/t11-/m1/s1. The van der Waals surface area contributed by atoms with Crippen LogP contribution in [0.5, 0.6) is 0 Å². The Kier molecular flexibility index (Phi) is 3.79. The lowest BCUT2D eigenvalue weighted by molar-refractivity contribution is 0.0925. The van der Waals surface area contributed by atoms with Gasteiger partial charge in [-0.15, -0.1) is 10.2 Å². The van der Waals surface area contributed by atoms with Gasteiger partial charge >= 0.3 is 0 Å². The van der Waals surface area contributed by atoms with Crippen LogP contribution in [0.1, 0.15) is 35.4 Å². The van der Waals surface area contributed by atoms with Crippen LogP contribution in [-0.4, -0.2) is 36.1 Å². The molecular formula is C17H18N6O2. The summed E-state index contributed by atoms with van der Waals surface area (Å²) in [7, 11) is 0. The van der Waals surface area contributed by atoms with Crippen molar-refractivity contribution in [2.75, 3.05) is 0 Å². The van der Waals surface area contributed by atoms with E-state index in [9.17, 15) is 9.59 Å². The first kappa shape index (κ1) is 15.5. The predicted octanol–water partition coefficient (Wildman–Crippen LogP) is 0.593. The van der Waals surface area contributed by atoms with Crippen molar-refractivity contribution < 1.29 is 4.79 Å². The summed E-state index contributed by atoms with van der Waals surface area (Å²) in [5.41, 5.74) is 0.204. The van der Waals surface area contributed by atoms with E-state index in [0.717, 1.165) is 30.9 Å². The summed E-state index contributed by atoms with van der Waals surface area (Å²) < 4.78 is 3.43. The highest BCUT2D eigenvalue weighted by Gasteiger charge is 2.24. The molecule has 8 heteroatoms. The van der Waals surface area contributed by atoms with Gasteiger partial charge in [-0.25, -0.2) is 4.98 Å². The van der Waals surface area contributed by atoms with Gasteiger partial charge in [0.1, 0.15) is 22.9 Å². The van der Waals surface area contributed by atoms with Crippen LogP contribution in [0.15, 0.2) is 35.4 Å². The van der Waals surface area contributed by atoms with Crippen molar-refractivity contribution in [2.45, 2.75) is 38.8 Å². The number of amides is 1. The molecule has 1 atom stereocenters. The Morgan fingerprint density at radius 2 is 2.24 bits per heavy atom. The highest BCUT2D eigenvalue weighted by Crippen LogP contribution is 2.15. The molecule has 1 amide bonds. The van der Waals surface area contributed by atoms with Gasteiger partial charge in [-0.3, -0.25) is 14.0 Å². The first-order valence-electron chi connectivity index (χ1n) is 8.35. The third-order valence-electron chi connectivity index (χ3n) is 4.53. The third kappa shape index (κ3) is 2.69. The number of pyridine rings is 1. The summed E-state index contributed by atoms with van der Waals surface area (Å²) in [5.74, 6) is 1.48. The van der Waals surface area contributed by atoms with Crippen molar-refractivity contribution in [1.29, 1.82) is 0 Å². The molecule has 0 radical (unpaired) electrons. The molecule has 3 aromatic rings. The molecular weight excluding hydrogens is 320 g/mol. The summed E-state index contributed by atoms with van der Waals surface area (Å²) in [5, 5.41) is 11.3. The topological polar surface area (TPSA) is 94.2 Å². The Labute approximate surface area is 143 Å². The maximum absolute atomic E-state index is 12.6. The maximum Gasteiger partial charge on any atom is 0.270 e. The van der Waals surface area contributed by atoms with Gasteiger partial charge in [0.05, 0.1) is 0 Å². The predicted molar refractivity (Wildman–Crippen MR) is 90.4 cm³/mol. The molecule has 0 aliphatic carbocycles. The van der Waals surface area contributed by atoms with E-state index in [1.807, 2.05) is 6.92 Å². The zero-order valence-corrected chi connectivity index (χ0v) is 13.8. The monoisotopic (exact) mass is 338 g/mol. The SMILES string of the molecule is CCc1nnc2n1C[C@H](NC(=O)c1cnc3ccccn3c1=O)CC2. The van der Waals surface area contributed by atoms with Crippen molar-refractivity contribution in [2.24, 2.45) is 0 Å². The van der Waals surface area contributed by atoms with Crippen LogP contribution >= 0.6 is 0 Å². The van der Waals surface area contributed by atoms with Gasteiger partial charge in [-0.2, -0.15) is 0 Å². The van der Waals surface area contributed by atoms with Gasteiger partial charge in [-0.05, 0) is 18.6 Å². The molecule has 3 aromatic heterocycles. The lowest BCUT2D eigenvalue weighted by Crippen LogP contribution is -2.43. The van der Waals surface area contributed by atoms with E-state index in [4.69, 9.17) is 0 Å². The quantitative estimate of drug-likeness (QED) is 0.754. The van der Waals surface area contributed by atoms with Gasteiger partial charge in [0, 0.05) is 37.8 Å². The minimum absolute atomic E-state index is 0.0500. The molecule has 128 valence electrons. The number of fused-ring (bicyclic) bond motifs is 2. The van der Waals surface area contributed by atoms with Crippen LogP contribution in [0.3, 0.4) is 0 Å². The van der Waals surface area contributed by atoms with E-state index >= 15 is 0 Å². The summed E-state index contributed by atoms with van der Waals surface area (Å²) >= 11 is 0. The van der Waals surface area contributed by atoms with Gasteiger partial charge in [-0.1, -0.05) is 13.0 Å². The number of nitrogens with one attached hydrogen (secondary N) is 1. The smallest absolute Gasteiger partial charge is 0.270 e. The first-order valence-corrected chi connectivity index (χ1v) is 8.35. The van der Waals surface area contributed by atoms with Crippen molar-refractivity contribution in [1.82, 2.24) is 29.5 Å². The molecule has 0 bridgehead atoms. The van der Waals surface area contributed by atoms with Crippen LogP contribution in [0, 0.1) is 0 Å². The fourth-order valence-corrected chi connectivity index (χ4v) is 3.21. The highest BCUT2D eigenvalue weighted by molar-refractivity contribution is 5.93. The van der Waals surface area contributed by atoms with Gasteiger partial charge in [0.15, 0.2) is 0 Å². The number of aryl methyl sites for hydroxylation is 2. The fourth-order valence-electron chi connectivity index (χ4n) is 3.21. The van der Waals surface area contributed by atoms with E-state index < -0.39 is 5.91 Å². The molecule has 0 saturated heterocycles. The van der Waals surface area contributed by atoms with Crippen molar-refractivity contribution in [3.63, 3.8) is 0 Å². The molecule has 0 unspecified atom stereocenters. The number of hydrogen-bond acceptors (Lipinski definition) is 5. The Bertz CT molecular complexity index is 992. The molecule has 0 saturated carbocycles. The zero-order chi connectivity index (χ0) is 17.4. The molecule has 8 nitrogen and oxygen atoms in total. The summed E-state index contributed by atoms with van der Waals surface area (Å²) in [4.78, 5) is 29.3. The van der Waals surface area contributed by atoms with Gasteiger partial charge in [0.25, 0.3) is 11.5 Å². The average Bonchev–Trinajstić information content (AvgIpc) is 3.04. The lowest BCUT2D eigenvalue weighted by atomic mass is 10.1. The second-order valence-corrected chi connectivity index (χ2v) is 6.11. The minimum Gasteiger partial charge on any atom is -0.347 e. The molecule has 1 aliphatic heterocycles. The van der Waals surface area contributed by atoms with Crippen molar-refractivity contribution in [3.05, 3.63) is 58.2 Å². The first-order chi connectivity index (χ1) is 12.2. The van der Waals surface area contributed by atoms with Crippen LogP contribution < -0.4 is 10.9 Å². The molecule has 0 spiro atoms. The van der Waals surface area contributed by atoms with Crippen LogP contribution in [0.4, 0.5) is 0 Å². The van der Waals surface area contributed by atoms with Gasteiger partial charge in [0.2, 0.25) is 0 Å². The number of carbonyl (C=O) groups excluding carboxylic acids is 1. The Hall–Kier alpha value is -3.03. The number of carbonyl (C=O) groups is 1. The average molecular weight is 338 g/mol. The summed E-state index contributed by atoms with van der Waals surface area (Å²) in [6.45, 7) is 2.65. The lowest BCUT2D eigenvalue weighted by Gasteiger charge is -2.25. The van der Waals surface area contributed by atoms with Crippen LogP contribution in [0.2, 0.25) is 0 Å². The second-order valence-electron chi connectivity index (χ2n) is 6.11. The second kappa shape index (κ2) is 6.12. The summed E-state index contributed by atoms with van der Waals surface area (Å²) in [6.07, 6.45) is 5.28. The molecule has 0 aromatic carbocycles. The van der Waals surface area contributed by atoms with E-state index in [-0.39, 0.29) is 17.2 Å². The fraction of sp³-hybridized carbons (Fsp3) is 0.353. The largest absolute Gasteiger partial charge is 0.347 e. The van der Waals surface area contributed by atoms with Crippen molar-refractivity contribution >= 4 is 11.6 Å². The van der Waals surface area contributed by atoms with E-state index in [1.165, 1.54) is 10.6 Å². The molecule has 1 aliphatic rings. The molecule has 4 rings (SSSR count). The number of aromatic nitrogens is 5. The van der Waals surface area contributed by atoms with E-state index in [0.29, 0.717) is 12.2 Å². The van der Waals surface area contributed by atoms with Crippen LogP contribution in [-0.2, 0) is 19.4 Å². The zero-order valence-electron chi connectivity index (χ0n) is 13.8. The molecule has 1 N–H and O–H groups in total. The number of hydrogen-bond donors (Lipinski definition) is 1. The highest BCUT2D eigenvalue weighted by atomic mass is 16.2. The van der Waals surface area contributed by atoms with E-state index in [2.05, 4.69) is 25.1 Å². The third-order valence-corrected chi connectivity index (χ3v) is 4.53. The Balaban J connectivity index is 1.57. The number of nitrogens with zero attached hydrogens (tertiary/aromatic N) is 5. The molecule has 4 heterocycles. The Morgan fingerprint density at radius 1 is 1.36 bits per heavy atom. The van der Waals surface area contributed by atoms with E-state index in [1.54, 1.807) is 24.4 Å². The van der Waals surface area contributed by atoms with Crippen molar-refractivity contribution in [3.8, 4) is 0 Å². The minimum atomic E-state index is -0.393. The maximum atomic E-state index is 12.6. The Morgan fingerprint density at radius 3 is 3.08 bits per heavy atom. The van der Waals surface area contributed by atoms with Gasteiger partial charge < -0.3 is 9.88 Å². The molecule has 0 fully saturated rings. The normalized spacial score (nSPS) is 16.6. The number of rotatable bonds is 3. The van der Waals surface area contributed by atoms with Crippen LogP contribution in [0.25, 0.3) is 5.65 Å². The summed E-state index contributed by atoms with van der Waals surface area (Å²) in [6, 6.07) is 5.20. The molecule has 25 heavy (non-hydrogen) atoms.